The van der Waals surface area contributed by atoms with Gasteiger partial charge in [0, 0.05) is 23.6 Å². The molecule has 4 rings (SSSR count). The topological polar surface area (TPSA) is 135 Å². The molecule has 0 radical (unpaired) electrons. The molecule has 2 heterocycles. The SMILES string of the molecule is Nc1nc2nccc(Oc3ccc(NC(=O)Nc4ccc(Cl)c(C(F)(F)F)c4)cc3)c2[nH]c1=O. The molecule has 34 heavy (non-hydrogen) atoms. The molecule has 5 N–H and O–H groups in total. The minimum atomic E-state index is -4.66. The summed E-state index contributed by atoms with van der Waals surface area (Å²) in [6.07, 6.45) is -3.22. The Hall–Kier alpha value is -4.32. The number of alkyl halides is 3. The first kappa shape index (κ1) is 22.9. The number of amides is 2. The maximum atomic E-state index is 13.0. The van der Waals surface area contributed by atoms with Gasteiger partial charge in [-0.3, -0.25) is 4.79 Å². The number of nitrogens with one attached hydrogen (secondary N) is 3. The van der Waals surface area contributed by atoms with Crippen molar-refractivity contribution in [2.75, 3.05) is 16.4 Å². The van der Waals surface area contributed by atoms with Crippen molar-refractivity contribution in [1.82, 2.24) is 15.0 Å². The van der Waals surface area contributed by atoms with E-state index in [4.69, 9.17) is 22.1 Å². The van der Waals surface area contributed by atoms with Gasteiger partial charge in [0.25, 0.3) is 5.56 Å². The van der Waals surface area contributed by atoms with Crippen LogP contribution >= 0.6 is 11.6 Å². The second-order valence-corrected chi connectivity index (χ2v) is 7.26. The van der Waals surface area contributed by atoms with Crippen LogP contribution in [0.15, 0.2) is 59.5 Å². The molecular formula is C21H14ClF3N6O3. The van der Waals surface area contributed by atoms with Crippen LogP contribution in [-0.2, 0) is 6.18 Å². The van der Waals surface area contributed by atoms with Gasteiger partial charge in [-0.1, -0.05) is 11.6 Å². The van der Waals surface area contributed by atoms with Gasteiger partial charge in [-0.15, -0.1) is 0 Å². The van der Waals surface area contributed by atoms with E-state index < -0.39 is 28.4 Å². The first-order valence-corrected chi connectivity index (χ1v) is 9.85. The summed E-state index contributed by atoms with van der Waals surface area (Å²) in [4.78, 5) is 34.4. The van der Waals surface area contributed by atoms with E-state index in [0.29, 0.717) is 11.4 Å². The molecule has 0 saturated carbocycles. The van der Waals surface area contributed by atoms with Gasteiger partial charge in [-0.05, 0) is 42.5 Å². The van der Waals surface area contributed by atoms with Crippen molar-refractivity contribution in [3.63, 3.8) is 0 Å². The van der Waals surface area contributed by atoms with E-state index in [1.165, 1.54) is 42.6 Å². The number of aromatic amines is 1. The Morgan fingerprint density at radius 3 is 2.44 bits per heavy atom. The van der Waals surface area contributed by atoms with Crippen LogP contribution in [0.2, 0.25) is 5.02 Å². The Morgan fingerprint density at radius 2 is 1.74 bits per heavy atom. The van der Waals surface area contributed by atoms with E-state index in [1.807, 2.05) is 0 Å². The standard InChI is InChI=1S/C21H14ClF3N6O3/c22-14-6-3-11(9-13(14)21(23,24)25)29-20(33)28-10-1-4-12(5-2-10)34-15-7-8-27-18-16(15)30-19(32)17(26)31-18/h1-9H,(H,30,32)(H2,26,27,31)(H2,28,29,33). The van der Waals surface area contributed by atoms with Gasteiger partial charge in [0.2, 0.25) is 0 Å². The number of H-pyrrole nitrogens is 1. The lowest BCUT2D eigenvalue weighted by molar-refractivity contribution is -0.137. The number of hydrogen-bond donors (Lipinski definition) is 4. The molecule has 9 nitrogen and oxygen atoms in total. The van der Waals surface area contributed by atoms with Crippen molar-refractivity contribution in [3.8, 4) is 11.5 Å². The van der Waals surface area contributed by atoms with Gasteiger partial charge < -0.3 is 26.1 Å². The van der Waals surface area contributed by atoms with Crippen LogP contribution in [0.1, 0.15) is 5.56 Å². The Morgan fingerprint density at radius 1 is 1.06 bits per heavy atom. The van der Waals surface area contributed by atoms with Crippen LogP contribution in [-0.4, -0.2) is 21.0 Å². The van der Waals surface area contributed by atoms with E-state index in [2.05, 4.69) is 25.6 Å². The molecule has 0 aliphatic heterocycles. The fraction of sp³-hybridized carbons (Fsp3) is 0.0476. The largest absolute Gasteiger partial charge is 0.455 e. The van der Waals surface area contributed by atoms with Gasteiger partial charge >= 0.3 is 12.2 Å². The number of aromatic nitrogens is 3. The first-order valence-electron chi connectivity index (χ1n) is 9.47. The summed E-state index contributed by atoms with van der Waals surface area (Å²) in [5.41, 5.74) is 4.56. The molecule has 4 aromatic rings. The molecule has 0 saturated heterocycles. The number of nitrogens with zero attached hydrogens (tertiary/aromatic N) is 2. The summed E-state index contributed by atoms with van der Waals surface area (Å²) < 4.78 is 44.7. The number of nitrogens with two attached hydrogens (primary N) is 1. The van der Waals surface area contributed by atoms with E-state index in [-0.39, 0.29) is 28.4 Å². The molecule has 0 unspecified atom stereocenters. The molecule has 2 aromatic heterocycles. The number of carbonyl (C=O) groups excluding carboxylic acids is 1. The number of carbonyl (C=O) groups is 1. The number of fused-ring (bicyclic) bond motifs is 1. The number of rotatable bonds is 4. The second-order valence-electron chi connectivity index (χ2n) is 6.86. The smallest absolute Gasteiger partial charge is 0.417 e. The average molecular weight is 491 g/mol. The molecule has 13 heteroatoms. The molecule has 0 atom stereocenters. The van der Waals surface area contributed by atoms with Crippen molar-refractivity contribution in [2.24, 2.45) is 0 Å². The molecular weight excluding hydrogens is 477 g/mol. The average Bonchev–Trinajstić information content (AvgIpc) is 2.77. The third kappa shape index (κ3) is 5.02. The lowest BCUT2D eigenvalue weighted by Crippen LogP contribution is -2.19. The van der Waals surface area contributed by atoms with E-state index in [9.17, 15) is 22.8 Å². The van der Waals surface area contributed by atoms with Crippen molar-refractivity contribution in [3.05, 3.63) is 75.7 Å². The van der Waals surface area contributed by atoms with Crippen LogP contribution in [0.25, 0.3) is 11.2 Å². The zero-order chi connectivity index (χ0) is 24.5. The van der Waals surface area contributed by atoms with Crippen LogP contribution in [0.3, 0.4) is 0 Å². The minimum absolute atomic E-state index is 0.0815. The van der Waals surface area contributed by atoms with Gasteiger partial charge in [0.1, 0.15) is 11.3 Å². The maximum absolute atomic E-state index is 13.0. The zero-order valence-electron chi connectivity index (χ0n) is 16.9. The number of nitrogen functional groups attached to an aromatic ring is 1. The highest BCUT2D eigenvalue weighted by molar-refractivity contribution is 6.31. The number of urea groups is 1. The van der Waals surface area contributed by atoms with Gasteiger partial charge in [0.15, 0.2) is 17.2 Å². The number of hydrogen-bond acceptors (Lipinski definition) is 6. The Bertz CT molecular complexity index is 1440. The predicted molar refractivity (Wildman–Crippen MR) is 120 cm³/mol. The molecule has 0 fully saturated rings. The third-order valence-corrected chi connectivity index (χ3v) is 4.79. The Labute approximate surface area is 193 Å². The fourth-order valence-electron chi connectivity index (χ4n) is 2.91. The molecule has 0 bridgehead atoms. The highest BCUT2D eigenvalue weighted by Gasteiger charge is 2.33. The highest BCUT2D eigenvalue weighted by atomic mass is 35.5. The number of halogens is 4. The van der Waals surface area contributed by atoms with Crippen molar-refractivity contribution < 1.29 is 22.7 Å². The maximum Gasteiger partial charge on any atom is 0.417 e. The van der Waals surface area contributed by atoms with E-state index in [1.54, 1.807) is 0 Å². The van der Waals surface area contributed by atoms with Crippen LogP contribution in [0.4, 0.5) is 35.2 Å². The molecule has 174 valence electrons. The molecule has 0 spiro atoms. The van der Waals surface area contributed by atoms with Gasteiger partial charge in [-0.2, -0.15) is 13.2 Å². The number of ether oxygens (including phenoxy) is 1. The van der Waals surface area contributed by atoms with E-state index >= 15 is 0 Å². The quantitative estimate of drug-likeness (QED) is 0.317. The minimum Gasteiger partial charge on any atom is -0.455 e. The summed E-state index contributed by atoms with van der Waals surface area (Å²) in [7, 11) is 0. The first-order chi connectivity index (χ1) is 16.1. The van der Waals surface area contributed by atoms with Gasteiger partial charge in [0.05, 0.1) is 10.6 Å². The summed E-state index contributed by atoms with van der Waals surface area (Å²) >= 11 is 5.58. The third-order valence-electron chi connectivity index (χ3n) is 4.46. The molecule has 2 aromatic carbocycles. The number of anilines is 3. The fourth-order valence-corrected chi connectivity index (χ4v) is 3.14. The lowest BCUT2D eigenvalue weighted by atomic mass is 10.2. The zero-order valence-corrected chi connectivity index (χ0v) is 17.7. The summed E-state index contributed by atoms with van der Waals surface area (Å²) in [6, 6.07) is 9.91. The lowest BCUT2D eigenvalue weighted by Gasteiger charge is -2.13. The van der Waals surface area contributed by atoms with Crippen molar-refractivity contribution in [1.29, 1.82) is 0 Å². The van der Waals surface area contributed by atoms with E-state index in [0.717, 1.165) is 12.1 Å². The van der Waals surface area contributed by atoms with Crippen LogP contribution in [0.5, 0.6) is 11.5 Å². The number of pyridine rings is 1. The van der Waals surface area contributed by atoms with Gasteiger partial charge in [-0.25, -0.2) is 14.8 Å². The summed E-state index contributed by atoms with van der Waals surface area (Å²) in [5, 5.41) is 4.34. The summed E-state index contributed by atoms with van der Waals surface area (Å²) in [5.74, 6) is 0.416. The summed E-state index contributed by atoms with van der Waals surface area (Å²) in [6.45, 7) is 0. The predicted octanol–water partition coefficient (Wildman–Crippen LogP) is 5.01. The van der Waals surface area contributed by atoms with Crippen molar-refractivity contribution >= 4 is 46.0 Å². The number of benzene rings is 2. The Balaban J connectivity index is 1.45. The Kier molecular flexibility index (Phi) is 5.99. The van der Waals surface area contributed by atoms with Crippen molar-refractivity contribution in [2.45, 2.75) is 6.18 Å². The molecule has 2 amide bonds. The monoisotopic (exact) mass is 490 g/mol. The van der Waals surface area contributed by atoms with Crippen LogP contribution < -0.4 is 26.7 Å². The second kappa shape index (κ2) is 8.90. The molecule has 0 aliphatic rings. The highest BCUT2D eigenvalue weighted by Crippen LogP contribution is 2.36. The van der Waals surface area contributed by atoms with Crippen LogP contribution in [0, 0.1) is 0 Å². The normalized spacial score (nSPS) is 11.3. The molecule has 0 aliphatic carbocycles.